The van der Waals surface area contributed by atoms with E-state index in [0.29, 0.717) is 5.92 Å². The summed E-state index contributed by atoms with van der Waals surface area (Å²) in [4.78, 5) is 1.16. The van der Waals surface area contributed by atoms with Crippen molar-refractivity contribution >= 4 is 11.8 Å². The predicted octanol–water partition coefficient (Wildman–Crippen LogP) is 2.12. The van der Waals surface area contributed by atoms with Crippen LogP contribution in [0, 0.1) is 5.92 Å². The van der Waals surface area contributed by atoms with Gasteiger partial charge >= 0.3 is 0 Å². The molecule has 1 aromatic carbocycles. The number of aliphatic hydroxyl groups excluding tert-OH is 1. The highest BCUT2D eigenvalue weighted by Crippen LogP contribution is 2.26. The van der Waals surface area contributed by atoms with Gasteiger partial charge < -0.3 is 10.8 Å². The second-order valence-corrected chi connectivity index (χ2v) is 5.29. The fraction of sp³-hybridized carbons (Fsp3) is 0.500. The zero-order valence-electron chi connectivity index (χ0n) is 9.26. The smallest absolute Gasteiger partial charge is 0.0568 e. The van der Waals surface area contributed by atoms with Crippen molar-refractivity contribution in [3.63, 3.8) is 0 Å². The summed E-state index contributed by atoms with van der Waals surface area (Å²) in [6.07, 6.45) is 0. The molecule has 0 radical (unpaired) electrons. The Morgan fingerprint density at radius 1 is 1.27 bits per heavy atom. The van der Waals surface area contributed by atoms with Crippen LogP contribution in [0.4, 0.5) is 0 Å². The molecular weight excluding hydrogens is 206 g/mol. The largest absolute Gasteiger partial charge is 0.395 e. The van der Waals surface area contributed by atoms with Crippen molar-refractivity contribution in [2.45, 2.75) is 30.0 Å². The Bertz CT molecular complexity index is 276. The first-order valence-corrected chi connectivity index (χ1v) is 6.11. The number of rotatable bonds is 5. The lowest BCUT2D eigenvalue weighted by molar-refractivity contribution is 0.269. The first-order chi connectivity index (χ1) is 7.15. The number of benzene rings is 1. The van der Waals surface area contributed by atoms with Crippen molar-refractivity contribution in [2.24, 2.45) is 11.7 Å². The van der Waals surface area contributed by atoms with Crippen molar-refractivity contribution < 1.29 is 5.11 Å². The van der Waals surface area contributed by atoms with Gasteiger partial charge in [0.25, 0.3) is 0 Å². The van der Waals surface area contributed by atoms with Gasteiger partial charge in [-0.2, -0.15) is 0 Å². The predicted molar refractivity (Wildman–Crippen MR) is 66.0 cm³/mol. The van der Waals surface area contributed by atoms with E-state index < -0.39 is 0 Å². The fourth-order valence-electron chi connectivity index (χ4n) is 1.34. The van der Waals surface area contributed by atoms with E-state index >= 15 is 0 Å². The Hall–Kier alpha value is -0.510. The standard InChI is InChI=1S/C12H19NOS/c1-9(2)12(13)11(8-14)15-10-6-4-3-5-7-10/h3-7,9,11-12,14H,8,13H2,1-2H3. The monoisotopic (exact) mass is 225 g/mol. The fourth-order valence-corrected chi connectivity index (χ4v) is 2.55. The maximum atomic E-state index is 9.31. The van der Waals surface area contributed by atoms with Crippen molar-refractivity contribution in [3.8, 4) is 0 Å². The van der Waals surface area contributed by atoms with Gasteiger partial charge in [-0.25, -0.2) is 0 Å². The summed E-state index contributed by atoms with van der Waals surface area (Å²) in [6, 6.07) is 10.1. The molecule has 1 aromatic rings. The molecule has 0 heterocycles. The highest BCUT2D eigenvalue weighted by atomic mass is 32.2. The van der Waals surface area contributed by atoms with Crippen molar-refractivity contribution in [2.75, 3.05) is 6.61 Å². The molecule has 2 nitrogen and oxygen atoms in total. The van der Waals surface area contributed by atoms with Crippen molar-refractivity contribution in [1.82, 2.24) is 0 Å². The molecule has 3 N–H and O–H groups in total. The quantitative estimate of drug-likeness (QED) is 0.755. The van der Waals surface area contributed by atoms with E-state index in [1.807, 2.05) is 30.3 Å². The van der Waals surface area contributed by atoms with Crippen LogP contribution in [0.3, 0.4) is 0 Å². The third-order valence-electron chi connectivity index (χ3n) is 2.41. The molecule has 0 aliphatic heterocycles. The van der Waals surface area contributed by atoms with Gasteiger partial charge in [-0.15, -0.1) is 11.8 Å². The zero-order chi connectivity index (χ0) is 11.3. The average molecular weight is 225 g/mol. The minimum absolute atomic E-state index is 0.0280. The van der Waals surface area contributed by atoms with E-state index in [1.165, 1.54) is 0 Å². The second kappa shape index (κ2) is 6.16. The van der Waals surface area contributed by atoms with E-state index in [1.54, 1.807) is 11.8 Å². The molecule has 2 unspecified atom stereocenters. The van der Waals surface area contributed by atoms with E-state index in [-0.39, 0.29) is 17.9 Å². The lowest BCUT2D eigenvalue weighted by atomic mass is 10.0. The van der Waals surface area contributed by atoms with Crippen LogP contribution in [0.15, 0.2) is 35.2 Å². The van der Waals surface area contributed by atoms with Gasteiger partial charge in [0.15, 0.2) is 0 Å². The van der Waals surface area contributed by atoms with Crippen LogP contribution >= 0.6 is 11.8 Å². The molecule has 0 spiro atoms. The van der Waals surface area contributed by atoms with E-state index in [4.69, 9.17) is 5.73 Å². The first-order valence-electron chi connectivity index (χ1n) is 5.23. The molecule has 0 aliphatic carbocycles. The van der Waals surface area contributed by atoms with E-state index in [0.717, 1.165) is 4.90 Å². The molecule has 0 amide bonds. The lowest BCUT2D eigenvalue weighted by Crippen LogP contribution is -2.39. The molecule has 0 saturated heterocycles. The molecule has 3 heteroatoms. The van der Waals surface area contributed by atoms with Gasteiger partial charge in [0.1, 0.15) is 0 Å². The molecule has 0 aromatic heterocycles. The SMILES string of the molecule is CC(C)C(N)C(CO)Sc1ccccc1. The number of nitrogens with two attached hydrogens (primary N) is 1. The molecule has 1 rings (SSSR count). The Morgan fingerprint density at radius 2 is 1.87 bits per heavy atom. The molecule has 15 heavy (non-hydrogen) atoms. The van der Waals surface area contributed by atoms with Gasteiger partial charge in [0.05, 0.1) is 6.61 Å². The number of hydrogen-bond acceptors (Lipinski definition) is 3. The third-order valence-corrected chi connectivity index (χ3v) is 3.72. The van der Waals surface area contributed by atoms with Gasteiger partial charge in [-0.05, 0) is 18.1 Å². The lowest BCUT2D eigenvalue weighted by Gasteiger charge is -2.24. The average Bonchev–Trinajstić information content (AvgIpc) is 2.26. The summed E-state index contributed by atoms with van der Waals surface area (Å²) in [5.41, 5.74) is 6.04. The van der Waals surface area contributed by atoms with Crippen LogP contribution in [0.2, 0.25) is 0 Å². The summed E-state index contributed by atoms with van der Waals surface area (Å²) < 4.78 is 0. The number of aliphatic hydroxyl groups is 1. The van der Waals surface area contributed by atoms with E-state index in [2.05, 4.69) is 13.8 Å². The molecule has 0 saturated carbocycles. The van der Waals surface area contributed by atoms with Crippen molar-refractivity contribution in [3.05, 3.63) is 30.3 Å². The van der Waals surface area contributed by atoms with Gasteiger partial charge in [0, 0.05) is 16.2 Å². The van der Waals surface area contributed by atoms with Crippen LogP contribution in [0.5, 0.6) is 0 Å². The van der Waals surface area contributed by atoms with Gasteiger partial charge in [0.2, 0.25) is 0 Å². The maximum Gasteiger partial charge on any atom is 0.0568 e. The topological polar surface area (TPSA) is 46.2 Å². The Morgan fingerprint density at radius 3 is 2.33 bits per heavy atom. The molecule has 0 bridgehead atoms. The van der Waals surface area contributed by atoms with Crippen LogP contribution in [0.1, 0.15) is 13.8 Å². The Kier molecular flexibility index (Phi) is 5.15. The zero-order valence-corrected chi connectivity index (χ0v) is 10.1. The molecule has 0 aliphatic rings. The van der Waals surface area contributed by atoms with Crippen LogP contribution in [-0.4, -0.2) is 23.0 Å². The van der Waals surface area contributed by atoms with Gasteiger partial charge in [-0.1, -0.05) is 32.0 Å². The van der Waals surface area contributed by atoms with Crippen LogP contribution in [-0.2, 0) is 0 Å². The Labute approximate surface area is 95.9 Å². The van der Waals surface area contributed by atoms with Crippen LogP contribution in [0.25, 0.3) is 0 Å². The summed E-state index contributed by atoms with van der Waals surface area (Å²) in [6.45, 7) is 4.29. The van der Waals surface area contributed by atoms with Gasteiger partial charge in [-0.3, -0.25) is 0 Å². The molecule has 0 fully saturated rings. The molecule has 84 valence electrons. The second-order valence-electron chi connectivity index (χ2n) is 3.97. The summed E-state index contributed by atoms with van der Waals surface area (Å²) in [5, 5.41) is 9.38. The third kappa shape index (κ3) is 3.86. The summed E-state index contributed by atoms with van der Waals surface area (Å²) >= 11 is 1.65. The Balaban J connectivity index is 2.62. The molecule has 2 atom stereocenters. The summed E-state index contributed by atoms with van der Waals surface area (Å²) in [5.74, 6) is 0.387. The molecular formula is C12H19NOS. The first kappa shape index (κ1) is 12.6. The van der Waals surface area contributed by atoms with Crippen LogP contribution < -0.4 is 5.73 Å². The number of hydrogen-bond donors (Lipinski definition) is 2. The normalized spacial score (nSPS) is 15.3. The highest BCUT2D eigenvalue weighted by Gasteiger charge is 2.20. The summed E-state index contributed by atoms with van der Waals surface area (Å²) in [7, 11) is 0. The van der Waals surface area contributed by atoms with Crippen molar-refractivity contribution in [1.29, 1.82) is 0 Å². The highest BCUT2D eigenvalue weighted by molar-refractivity contribution is 8.00. The minimum atomic E-state index is 0.0280. The minimum Gasteiger partial charge on any atom is -0.395 e. The van der Waals surface area contributed by atoms with E-state index in [9.17, 15) is 5.11 Å². The maximum absolute atomic E-state index is 9.31. The number of thioether (sulfide) groups is 1.